The van der Waals surface area contributed by atoms with E-state index in [1.807, 2.05) is 0 Å². The van der Waals surface area contributed by atoms with Crippen LogP contribution in [0.4, 0.5) is 0 Å². The number of rotatable bonds is 3. The van der Waals surface area contributed by atoms with E-state index in [0.29, 0.717) is 19.4 Å². The van der Waals surface area contributed by atoms with Crippen LogP contribution in [0.15, 0.2) is 0 Å². The monoisotopic (exact) mass is 253 g/mol. The van der Waals surface area contributed by atoms with Crippen molar-refractivity contribution < 1.29 is 14.7 Å². The van der Waals surface area contributed by atoms with Crippen LogP contribution in [0.25, 0.3) is 0 Å². The molecule has 0 radical (unpaired) electrons. The SMILES string of the molecule is CC(O)CCN1C(=O)CC2(CCCCCC2)C1=O. The highest BCUT2D eigenvalue weighted by Gasteiger charge is 2.50. The molecule has 2 amide bonds. The Bertz CT molecular complexity index is 330. The van der Waals surface area contributed by atoms with Gasteiger partial charge in [0.15, 0.2) is 0 Å². The zero-order chi connectivity index (χ0) is 13.2. The van der Waals surface area contributed by atoms with Crippen molar-refractivity contribution in [1.29, 1.82) is 0 Å². The number of carbonyl (C=O) groups excluding carboxylic acids is 2. The van der Waals surface area contributed by atoms with E-state index in [1.54, 1.807) is 6.92 Å². The standard InChI is InChI=1S/C14H23NO3/c1-11(16)6-9-15-12(17)10-14(13(15)18)7-4-2-3-5-8-14/h11,16H,2-10H2,1H3. The summed E-state index contributed by atoms with van der Waals surface area (Å²) in [5.41, 5.74) is -0.397. The minimum atomic E-state index is -0.462. The summed E-state index contributed by atoms with van der Waals surface area (Å²) < 4.78 is 0. The van der Waals surface area contributed by atoms with Crippen LogP contribution in [0.2, 0.25) is 0 Å². The van der Waals surface area contributed by atoms with Crippen LogP contribution >= 0.6 is 0 Å². The van der Waals surface area contributed by atoms with Crippen molar-refractivity contribution in [3.05, 3.63) is 0 Å². The molecule has 1 N–H and O–H groups in total. The maximum absolute atomic E-state index is 12.5. The highest BCUT2D eigenvalue weighted by molar-refractivity contribution is 6.05. The lowest BCUT2D eigenvalue weighted by Crippen LogP contribution is -2.37. The summed E-state index contributed by atoms with van der Waals surface area (Å²) in [6, 6.07) is 0. The number of nitrogens with zero attached hydrogens (tertiary/aromatic N) is 1. The zero-order valence-electron chi connectivity index (χ0n) is 11.2. The molecular weight excluding hydrogens is 230 g/mol. The van der Waals surface area contributed by atoms with Crippen LogP contribution in [0.3, 0.4) is 0 Å². The summed E-state index contributed by atoms with van der Waals surface area (Å²) in [7, 11) is 0. The average Bonchev–Trinajstić information content (AvgIpc) is 2.49. The molecule has 2 fully saturated rings. The van der Waals surface area contributed by atoms with Crippen LogP contribution in [-0.4, -0.2) is 34.5 Å². The van der Waals surface area contributed by atoms with E-state index < -0.39 is 11.5 Å². The Morgan fingerprint density at radius 3 is 2.39 bits per heavy atom. The first-order chi connectivity index (χ1) is 8.55. The summed E-state index contributed by atoms with van der Waals surface area (Å²) >= 11 is 0. The smallest absolute Gasteiger partial charge is 0.235 e. The highest BCUT2D eigenvalue weighted by atomic mass is 16.3. The molecule has 1 spiro atoms. The van der Waals surface area contributed by atoms with Crippen molar-refractivity contribution in [2.45, 2.75) is 64.4 Å². The van der Waals surface area contributed by atoms with Crippen molar-refractivity contribution in [1.82, 2.24) is 4.90 Å². The molecule has 0 bridgehead atoms. The van der Waals surface area contributed by atoms with Gasteiger partial charge in [-0.2, -0.15) is 0 Å². The first-order valence-corrected chi connectivity index (χ1v) is 7.08. The van der Waals surface area contributed by atoms with Crippen LogP contribution in [-0.2, 0) is 9.59 Å². The molecule has 2 aliphatic rings. The van der Waals surface area contributed by atoms with Crippen LogP contribution in [0.1, 0.15) is 58.3 Å². The van der Waals surface area contributed by atoms with E-state index in [9.17, 15) is 14.7 Å². The predicted molar refractivity (Wildman–Crippen MR) is 67.8 cm³/mol. The van der Waals surface area contributed by atoms with Gasteiger partial charge in [0.25, 0.3) is 0 Å². The average molecular weight is 253 g/mol. The molecule has 0 aromatic heterocycles. The molecule has 4 nitrogen and oxygen atoms in total. The summed E-state index contributed by atoms with van der Waals surface area (Å²) in [5.74, 6) is -0.0161. The number of hydrogen-bond donors (Lipinski definition) is 1. The van der Waals surface area contributed by atoms with Gasteiger partial charge < -0.3 is 5.11 Å². The van der Waals surface area contributed by atoms with E-state index in [2.05, 4.69) is 0 Å². The van der Waals surface area contributed by atoms with Gasteiger partial charge in [0.05, 0.1) is 11.5 Å². The third-order valence-electron chi connectivity index (χ3n) is 4.32. The summed E-state index contributed by atoms with van der Waals surface area (Å²) in [6.45, 7) is 2.06. The third-order valence-corrected chi connectivity index (χ3v) is 4.32. The lowest BCUT2D eigenvalue weighted by atomic mass is 9.79. The second kappa shape index (κ2) is 5.39. The molecule has 1 atom stereocenters. The molecule has 1 saturated heterocycles. The molecular formula is C14H23NO3. The quantitative estimate of drug-likeness (QED) is 0.781. The normalized spacial score (nSPS) is 25.6. The number of imide groups is 1. The lowest BCUT2D eigenvalue weighted by molar-refractivity contribution is -0.142. The van der Waals surface area contributed by atoms with Crippen molar-refractivity contribution in [3.8, 4) is 0 Å². The fourth-order valence-corrected chi connectivity index (χ4v) is 3.20. The van der Waals surface area contributed by atoms with E-state index in [0.717, 1.165) is 25.7 Å². The summed E-state index contributed by atoms with van der Waals surface area (Å²) in [4.78, 5) is 25.9. The molecule has 1 unspecified atom stereocenters. The first-order valence-electron chi connectivity index (χ1n) is 7.08. The molecule has 1 saturated carbocycles. The van der Waals surface area contributed by atoms with E-state index >= 15 is 0 Å². The Balaban J connectivity index is 2.07. The highest BCUT2D eigenvalue weighted by Crippen LogP contribution is 2.44. The maximum Gasteiger partial charge on any atom is 0.235 e. The molecule has 1 heterocycles. The third kappa shape index (κ3) is 2.58. The van der Waals surface area contributed by atoms with Crippen LogP contribution < -0.4 is 0 Å². The number of aliphatic hydroxyl groups is 1. The maximum atomic E-state index is 12.5. The summed E-state index contributed by atoms with van der Waals surface area (Å²) in [5, 5.41) is 9.28. The van der Waals surface area contributed by atoms with Gasteiger partial charge in [-0.3, -0.25) is 14.5 Å². The fraction of sp³-hybridized carbons (Fsp3) is 0.857. The van der Waals surface area contributed by atoms with Crippen molar-refractivity contribution in [2.24, 2.45) is 5.41 Å². The molecule has 0 aromatic rings. The number of aliphatic hydroxyl groups excluding tert-OH is 1. The molecule has 1 aliphatic heterocycles. The Kier molecular flexibility index (Phi) is 4.05. The predicted octanol–water partition coefficient (Wildman–Crippen LogP) is 1.86. The van der Waals surface area contributed by atoms with Gasteiger partial charge in [-0.15, -0.1) is 0 Å². The topological polar surface area (TPSA) is 57.6 Å². The second-order valence-corrected chi connectivity index (χ2v) is 5.86. The van der Waals surface area contributed by atoms with Crippen molar-refractivity contribution in [2.75, 3.05) is 6.54 Å². The number of amides is 2. The van der Waals surface area contributed by atoms with Gasteiger partial charge in [0.1, 0.15) is 0 Å². The van der Waals surface area contributed by atoms with Crippen LogP contribution in [0.5, 0.6) is 0 Å². The Morgan fingerprint density at radius 1 is 1.22 bits per heavy atom. The van der Waals surface area contributed by atoms with Gasteiger partial charge in [0, 0.05) is 13.0 Å². The van der Waals surface area contributed by atoms with Crippen LogP contribution in [0, 0.1) is 5.41 Å². The molecule has 0 aromatic carbocycles. The Hall–Kier alpha value is -0.900. The van der Waals surface area contributed by atoms with Gasteiger partial charge in [-0.05, 0) is 26.2 Å². The number of likely N-dealkylation sites (tertiary alicyclic amines) is 1. The molecule has 1 aliphatic carbocycles. The van der Waals surface area contributed by atoms with E-state index in [-0.39, 0.29) is 11.8 Å². The first kappa shape index (κ1) is 13.5. The molecule has 18 heavy (non-hydrogen) atoms. The molecule has 102 valence electrons. The Morgan fingerprint density at radius 2 is 1.83 bits per heavy atom. The van der Waals surface area contributed by atoms with Gasteiger partial charge >= 0.3 is 0 Å². The minimum absolute atomic E-state index is 0.0232. The summed E-state index contributed by atoms with van der Waals surface area (Å²) in [6.07, 6.45) is 6.61. The van der Waals surface area contributed by atoms with Crippen molar-refractivity contribution in [3.63, 3.8) is 0 Å². The second-order valence-electron chi connectivity index (χ2n) is 5.86. The number of hydrogen-bond acceptors (Lipinski definition) is 3. The minimum Gasteiger partial charge on any atom is -0.393 e. The number of carbonyl (C=O) groups is 2. The molecule has 4 heteroatoms. The largest absolute Gasteiger partial charge is 0.393 e. The van der Waals surface area contributed by atoms with Gasteiger partial charge in [0.2, 0.25) is 11.8 Å². The van der Waals surface area contributed by atoms with Gasteiger partial charge in [-0.25, -0.2) is 0 Å². The zero-order valence-corrected chi connectivity index (χ0v) is 11.2. The fourth-order valence-electron chi connectivity index (χ4n) is 3.20. The van der Waals surface area contributed by atoms with Crippen molar-refractivity contribution >= 4 is 11.8 Å². The van der Waals surface area contributed by atoms with E-state index in [1.165, 1.54) is 17.7 Å². The Labute approximate surface area is 108 Å². The molecule has 2 rings (SSSR count). The van der Waals surface area contributed by atoms with Gasteiger partial charge in [-0.1, -0.05) is 25.7 Å². The lowest BCUT2D eigenvalue weighted by Gasteiger charge is -2.25. The van der Waals surface area contributed by atoms with E-state index in [4.69, 9.17) is 0 Å².